The van der Waals surface area contributed by atoms with Gasteiger partial charge in [0.1, 0.15) is 22.7 Å². The second-order valence-corrected chi connectivity index (χ2v) is 9.02. The minimum absolute atomic E-state index is 0.109. The average molecular weight is 477 g/mol. The molecule has 0 bridgehead atoms. The van der Waals surface area contributed by atoms with Gasteiger partial charge in [0.25, 0.3) is 0 Å². The van der Waals surface area contributed by atoms with Crippen molar-refractivity contribution in [3.63, 3.8) is 0 Å². The maximum Gasteiger partial charge on any atom is 0.207 e. The molecule has 3 aromatic carbocycles. The first-order chi connectivity index (χ1) is 15.9. The predicted molar refractivity (Wildman–Crippen MR) is 134 cm³/mol. The number of carbonyl (C=O) groups is 2. The van der Waals surface area contributed by atoms with Gasteiger partial charge in [-0.25, -0.2) is 0 Å². The summed E-state index contributed by atoms with van der Waals surface area (Å²) in [5.41, 5.74) is 3.13. The monoisotopic (exact) mass is 476 g/mol. The van der Waals surface area contributed by atoms with Crippen LogP contribution in [0.15, 0.2) is 60.7 Å². The third kappa shape index (κ3) is 4.70. The lowest BCUT2D eigenvalue weighted by atomic mass is 9.98. The van der Waals surface area contributed by atoms with Gasteiger partial charge < -0.3 is 9.47 Å². The van der Waals surface area contributed by atoms with Crippen LogP contribution in [-0.2, 0) is 4.79 Å². The highest BCUT2D eigenvalue weighted by Gasteiger charge is 2.25. The largest absolute Gasteiger partial charge is 0.497 e. The summed E-state index contributed by atoms with van der Waals surface area (Å²) < 4.78 is 12.5. The Kier molecular flexibility index (Phi) is 6.63. The summed E-state index contributed by atoms with van der Waals surface area (Å²) >= 11 is 7.56. The molecule has 4 rings (SSSR count). The summed E-state index contributed by atoms with van der Waals surface area (Å²) in [6.45, 7) is 3.77. The van der Waals surface area contributed by atoms with Gasteiger partial charge in [0.2, 0.25) is 5.78 Å². The van der Waals surface area contributed by atoms with Crippen molar-refractivity contribution in [2.45, 2.75) is 13.8 Å². The first kappa shape index (κ1) is 22.8. The van der Waals surface area contributed by atoms with Crippen LogP contribution in [0.3, 0.4) is 0 Å². The van der Waals surface area contributed by atoms with E-state index >= 15 is 0 Å². The fourth-order valence-electron chi connectivity index (χ4n) is 3.73. The Hall–Kier alpha value is -3.41. The smallest absolute Gasteiger partial charge is 0.207 e. The minimum atomic E-state index is -0.109. The molecule has 0 aliphatic carbocycles. The van der Waals surface area contributed by atoms with E-state index in [-0.39, 0.29) is 5.78 Å². The van der Waals surface area contributed by atoms with Crippen molar-refractivity contribution < 1.29 is 19.1 Å². The van der Waals surface area contributed by atoms with E-state index in [0.717, 1.165) is 33.1 Å². The summed E-state index contributed by atoms with van der Waals surface area (Å²) in [5, 5.41) is 1.43. The zero-order valence-corrected chi connectivity index (χ0v) is 19.9. The number of methoxy groups -OCH3 is 1. The molecule has 0 N–H and O–H groups in total. The second-order valence-electron chi connectivity index (χ2n) is 7.53. The Bertz CT molecular complexity index is 1360. The van der Waals surface area contributed by atoms with Crippen molar-refractivity contribution in [1.29, 1.82) is 0 Å². The van der Waals surface area contributed by atoms with E-state index in [0.29, 0.717) is 32.7 Å². The molecule has 0 saturated carbocycles. The molecule has 4 nitrogen and oxygen atoms in total. The molecular formula is C27H21ClO4S. The molecule has 0 amide bonds. The SMILES string of the molecule is COc1ccc2c(Oc3ccc(/C=C/C=O)cc3)c(C(=O)c3c(C)cc(Cl)cc3C)sc2c1. The van der Waals surface area contributed by atoms with Gasteiger partial charge in [-0.1, -0.05) is 29.8 Å². The highest BCUT2D eigenvalue weighted by molar-refractivity contribution is 7.21. The zero-order valence-electron chi connectivity index (χ0n) is 18.3. The van der Waals surface area contributed by atoms with Crippen molar-refractivity contribution in [3.05, 3.63) is 92.8 Å². The van der Waals surface area contributed by atoms with Crippen molar-refractivity contribution in [3.8, 4) is 17.2 Å². The molecular weight excluding hydrogens is 456 g/mol. The van der Waals surface area contributed by atoms with Crippen LogP contribution < -0.4 is 9.47 Å². The maximum absolute atomic E-state index is 13.7. The van der Waals surface area contributed by atoms with Gasteiger partial charge in [-0.3, -0.25) is 9.59 Å². The molecule has 6 heteroatoms. The molecule has 0 aliphatic rings. The predicted octanol–water partition coefficient (Wildman–Crippen LogP) is 7.42. The number of ketones is 1. The Balaban J connectivity index is 1.82. The summed E-state index contributed by atoms with van der Waals surface area (Å²) in [7, 11) is 1.61. The number of benzene rings is 3. The number of halogens is 1. The number of rotatable bonds is 7. The fourth-order valence-corrected chi connectivity index (χ4v) is 5.16. The molecule has 0 aliphatic heterocycles. The number of carbonyl (C=O) groups excluding carboxylic acids is 2. The van der Waals surface area contributed by atoms with Gasteiger partial charge in [-0.15, -0.1) is 11.3 Å². The lowest BCUT2D eigenvalue weighted by Gasteiger charge is -2.11. The topological polar surface area (TPSA) is 52.6 Å². The van der Waals surface area contributed by atoms with Gasteiger partial charge in [-0.05, 0) is 79.1 Å². The van der Waals surface area contributed by atoms with E-state index in [1.54, 1.807) is 25.3 Å². The summed E-state index contributed by atoms with van der Waals surface area (Å²) in [6, 6.07) is 16.6. The van der Waals surface area contributed by atoms with Crippen LogP contribution in [-0.4, -0.2) is 19.2 Å². The number of allylic oxidation sites excluding steroid dienone is 1. The van der Waals surface area contributed by atoms with Gasteiger partial charge in [0.15, 0.2) is 5.75 Å². The Morgan fingerprint density at radius 1 is 0.970 bits per heavy atom. The van der Waals surface area contributed by atoms with E-state index in [2.05, 4.69) is 0 Å². The summed E-state index contributed by atoms with van der Waals surface area (Å²) in [6.07, 6.45) is 3.88. The van der Waals surface area contributed by atoms with Crippen LogP contribution in [0.4, 0.5) is 0 Å². The quantitative estimate of drug-likeness (QED) is 0.158. The number of hydrogen-bond donors (Lipinski definition) is 0. The Morgan fingerprint density at radius 2 is 1.64 bits per heavy atom. The molecule has 0 radical (unpaired) electrons. The van der Waals surface area contributed by atoms with Crippen LogP contribution in [0.2, 0.25) is 5.02 Å². The molecule has 0 saturated heterocycles. The van der Waals surface area contributed by atoms with E-state index in [4.69, 9.17) is 21.1 Å². The third-order valence-corrected chi connectivity index (χ3v) is 6.60. The third-order valence-electron chi connectivity index (χ3n) is 5.25. The maximum atomic E-state index is 13.7. The van der Waals surface area contributed by atoms with Crippen LogP contribution >= 0.6 is 22.9 Å². The van der Waals surface area contributed by atoms with Crippen LogP contribution in [0.25, 0.3) is 16.2 Å². The van der Waals surface area contributed by atoms with E-state index in [1.807, 2.05) is 56.3 Å². The lowest BCUT2D eigenvalue weighted by molar-refractivity contribution is -0.104. The van der Waals surface area contributed by atoms with Crippen LogP contribution in [0.1, 0.15) is 31.9 Å². The number of aldehydes is 1. The number of thiophene rings is 1. The second kappa shape index (κ2) is 9.61. The molecule has 0 atom stereocenters. The minimum Gasteiger partial charge on any atom is -0.497 e. The fraction of sp³-hybridized carbons (Fsp3) is 0.111. The molecule has 1 heterocycles. The molecule has 0 spiro atoms. The normalized spacial score (nSPS) is 11.2. The molecule has 0 fully saturated rings. The van der Waals surface area contributed by atoms with Crippen molar-refractivity contribution >= 4 is 51.2 Å². The van der Waals surface area contributed by atoms with E-state index in [9.17, 15) is 9.59 Å². The van der Waals surface area contributed by atoms with Crippen LogP contribution in [0, 0.1) is 13.8 Å². The Labute approximate surface area is 201 Å². The van der Waals surface area contributed by atoms with Gasteiger partial charge >= 0.3 is 0 Å². The highest BCUT2D eigenvalue weighted by atomic mass is 35.5. The van der Waals surface area contributed by atoms with Crippen molar-refractivity contribution in [2.24, 2.45) is 0 Å². The van der Waals surface area contributed by atoms with Gasteiger partial charge in [0, 0.05) is 20.7 Å². The van der Waals surface area contributed by atoms with Gasteiger partial charge in [-0.2, -0.15) is 0 Å². The molecule has 1 aromatic heterocycles. The highest BCUT2D eigenvalue weighted by Crippen LogP contribution is 2.43. The summed E-state index contributed by atoms with van der Waals surface area (Å²) in [5.74, 6) is 1.70. The van der Waals surface area contributed by atoms with Gasteiger partial charge in [0.05, 0.1) is 7.11 Å². The van der Waals surface area contributed by atoms with Crippen molar-refractivity contribution in [2.75, 3.05) is 7.11 Å². The lowest BCUT2D eigenvalue weighted by Crippen LogP contribution is -2.06. The van der Waals surface area contributed by atoms with E-state index < -0.39 is 0 Å². The first-order valence-electron chi connectivity index (χ1n) is 10.2. The number of ether oxygens (including phenoxy) is 2. The van der Waals surface area contributed by atoms with Crippen molar-refractivity contribution in [1.82, 2.24) is 0 Å². The molecule has 0 unspecified atom stereocenters. The molecule has 4 aromatic rings. The summed E-state index contributed by atoms with van der Waals surface area (Å²) in [4.78, 5) is 24.8. The Morgan fingerprint density at radius 3 is 2.27 bits per heavy atom. The molecule has 166 valence electrons. The first-order valence-corrected chi connectivity index (χ1v) is 11.4. The van der Waals surface area contributed by atoms with Crippen LogP contribution in [0.5, 0.6) is 17.2 Å². The number of aryl methyl sites for hydroxylation is 2. The molecule has 33 heavy (non-hydrogen) atoms. The zero-order chi connectivity index (χ0) is 23.5. The number of hydrogen-bond acceptors (Lipinski definition) is 5. The standard InChI is InChI=1S/C27H21ClO4S/c1-16-13-19(28)14-17(2)24(16)25(30)27-26(22-11-10-21(31-3)15-23(22)33-27)32-20-8-6-18(7-9-20)5-4-12-29/h4-15H,1-3H3/b5-4+. The number of fused-ring (bicyclic) bond motifs is 1. The average Bonchev–Trinajstić information content (AvgIpc) is 3.15. The van der Waals surface area contributed by atoms with E-state index in [1.165, 1.54) is 17.4 Å².